The average molecular weight is 331 g/mol. The summed E-state index contributed by atoms with van der Waals surface area (Å²) in [6.07, 6.45) is 4.23. The molecular formula is C20H17N3O2. The Morgan fingerprint density at radius 1 is 1.16 bits per heavy atom. The molecule has 5 nitrogen and oxygen atoms in total. The summed E-state index contributed by atoms with van der Waals surface area (Å²) in [6.45, 7) is 2.35. The number of carbonyl (C=O) groups excluding carboxylic acids is 1. The van der Waals surface area contributed by atoms with Gasteiger partial charge in [0.1, 0.15) is 5.69 Å². The van der Waals surface area contributed by atoms with Crippen LogP contribution in [0, 0.1) is 0 Å². The summed E-state index contributed by atoms with van der Waals surface area (Å²) >= 11 is 0. The molecule has 3 heterocycles. The van der Waals surface area contributed by atoms with Crippen LogP contribution in [0.2, 0.25) is 0 Å². The van der Waals surface area contributed by atoms with Crippen molar-refractivity contribution in [1.29, 1.82) is 0 Å². The first kappa shape index (κ1) is 15.3. The molecule has 25 heavy (non-hydrogen) atoms. The van der Waals surface area contributed by atoms with Crippen LogP contribution in [-0.4, -0.2) is 27.5 Å². The number of fused-ring (bicyclic) bond motifs is 3. The van der Waals surface area contributed by atoms with Crippen molar-refractivity contribution in [2.24, 2.45) is 0 Å². The molecule has 0 fully saturated rings. The van der Waals surface area contributed by atoms with E-state index < -0.39 is 5.97 Å². The smallest absolute Gasteiger partial charge is 0.356 e. The molecule has 124 valence electrons. The van der Waals surface area contributed by atoms with Crippen molar-refractivity contribution in [3.05, 3.63) is 60.6 Å². The third kappa shape index (κ3) is 2.74. The Morgan fingerprint density at radius 3 is 2.84 bits per heavy atom. The van der Waals surface area contributed by atoms with Crippen LogP contribution < -0.4 is 0 Å². The Bertz CT molecular complexity index is 1050. The third-order valence-electron chi connectivity index (χ3n) is 4.08. The highest BCUT2D eigenvalue weighted by Crippen LogP contribution is 2.32. The van der Waals surface area contributed by atoms with Gasteiger partial charge in [-0.1, -0.05) is 25.1 Å². The normalized spacial score (nSPS) is 11.1. The Hall–Kier alpha value is -3.21. The van der Waals surface area contributed by atoms with E-state index >= 15 is 0 Å². The molecule has 5 heteroatoms. The van der Waals surface area contributed by atoms with E-state index in [2.05, 4.69) is 15.0 Å². The summed E-state index contributed by atoms with van der Waals surface area (Å²) in [5.41, 5.74) is 3.75. The van der Waals surface area contributed by atoms with E-state index in [-0.39, 0.29) is 0 Å². The maximum Gasteiger partial charge on any atom is 0.356 e. The van der Waals surface area contributed by atoms with Crippen molar-refractivity contribution < 1.29 is 9.53 Å². The van der Waals surface area contributed by atoms with Gasteiger partial charge in [-0.05, 0) is 30.7 Å². The van der Waals surface area contributed by atoms with E-state index in [1.54, 1.807) is 18.5 Å². The molecule has 4 rings (SSSR count). The lowest BCUT2D eigenvalue weighted by Crippen LogP contribution is -2.08. The van der Waals surface area contributed by atoms with Crippen LogP contribution >= 0.6 is 0 Å². The maximum atomic E-state index is 12.4. The van der Waals surface area contributed by atoms with Crippen LogP contribution in [-0.2, 0) is 4.74 Å². The van der Waals surface area contributed by atoms with Crippen molar-refractivity contribution in [1.82, 2.24) is 15.0 Å². The number of H-pyrrole nitrogens is 1. The lowest BCUT2D eigenvalue weighted by molar-refractivity contribution is 0.0498. The molecule has 3 aromatic heterocycles. The molecule has 0 bridgehead atoms. The highest BCUT2D eigenvalue weighted by atomic mass is 16.5. The van der Waals surface area contributed by atoms with Crippen LogP contribution in [0.3, 0.4) is 0 Å². The summed E-state index contributed by atoms with van der Waals surface area (Å²) in [5, 5.41) is 2.00. The fourth-order valence-electron chi connectivity index (χ4n) is 2.93. The number of hydrogen-bond acceptors (Lipinski definition) is 4. The quantitative estimate of drug-likeness (QED) is 0.565. The first-order valence-corrected chi connectivity index (χ1v) is 8.27. The number of para-hydroxylation sites is 1. The zero-order valence-electron chi connectivity index (χ0n) is 13.8. The van der Waals surface area contributed by atoms with Gasteiger partial charge in [-0.25, -0.2) is 9.78 Å². The Morgan fingerprint density at radius 2 is 2.04 bits per heavy atom. The fraction of sp³-hybridized carbons (Fsp3) is 0.150. The van der Waals surface area contributed by atoms with Crippen molar-refractivity contribution >= 4 is 27.8 Å². The summed E-state index contributed by atoms with van der Waals surface area (Å²) in [6, 6.07) is 13.6. The number of carbonyl (C=O) groups is 1. The van der Waals surface area contributed by atoms with E-state index in [0.29, 0.717) is 18.0 Å². The second kappa shape index (κ2) is 6.36. The predicted octanol–water partition coefficient (Wildman–Crippen LogP) is 4.34. The van der Waals surface area contributed by atoms with Crippen molar-refractivity contribution in [2.45, 2.75) is 13.3 Å². The lowest BCUT2D eigenvalue weighted by Gasteiger charge is -2.07. The monoisotopic (exact) mass is 331 g/mol. The van der Waals surface area contributed by atoms with Crippen molar-refractivity contribution in [2.75, 3.05) is 6.61 Å². The number of ether oxygens (including phenoxy) is 1. The fourth-order valence-corrected chi connectivity index (χ4v) is 2.93. The van der Waals surface area contributed by atoms with Crippen LogP contribution in [0.1, 0.15) is 23.8 Å². The minimum atomic E-state index is -0.404. The molecule has 4 aromatic rings. The van der Waals surface area contributed by atoms with Gasteiger partial charge in [-0.15, -0.1) is 0 Å². The predicted molar refractivity (Wildman–Crippen MR) is 97.4 cm³/mol. The van der Waals surface area contributed by atoms with Crippen molar-refractivity contribution in [3.8, 4) is 11.3 Å². The number of nitrogens with zero attached hydrogens (tertiary/aromatic N) is 2. The molecule has 0 aliphatic carbocycles. The zero-order valence-corrected chi connectivity index (χ0v) is 13.8. The zero-order chi connectivity index (χ0) is 17.2. The number of aromatic nitrogens is 3. The number of benzene rings is 1. The van der Waals surface area contributed by atoms with E-state index in [4.69, 9.17) is 4.74 Å². The minimum absolute atomic E-state index is 0.310. The molecule has 0 saturated heterocycles. The Kier molecular flexibility index (Phi) is 3.90. The number of rotatable bonds is 4. The molecule has 1 aromatic carbocycles. The molecule has 0 amide bonds. The molecule has 0 unspecified atom stereocenters. The number of esters is 1. The molecule has 0 saturated carbocycles. The third-order valence-corrected chi connectivity index (χ3v) is 4.08. The number of pyridine rings is 2. The number of aromatic amines is 1. The van der Waals surface area contributed by atoms with Gasteiger partial charge in [-0.2, -0.15) is 0 Å². The second-order valence-corrected chi connectivity index (χ2v) is 5.83. The first-order chi connectivity index (χ1) is 12.3. The summed E-state index contributed by atoms with van der Waals surface area (Å²) in [5.74, 6) is -0.404. The van der Waals surface area contributed by atoms with Gasteiger partial charge in [0.15, 0.2) is 0 Å². The van der Waals surface area contributed by atoms with Crippen molar-refractivity contribution in [3.63, 3.8) is 0 Å². The molecule has 0 spiro atoms. The largest absolute Gasteiger partial charge is 0.461 e. The van der Waals surface area contributed by atoms with Gasteiger partial charge in [0.2, 0.25) is 0 Å². The van der Waals surface area contributed by atoms with Gasteiger partial charge >= 0.3 is 5.97 Å². The molecule has 0 aliphatic heterocycles. The van der Waals surface area contributed by atoms with Gasteiger partial charge in [0.05, 0.1) is 17.8 Å². The summed E-state index contributed by atoms with van der Waals surface area (Å²) in [7, 11) is 0. The molecular weight excluding hydrogens is 314 g/mol. The first-order valence-electron chi connectivity index (χ1n) is 8.27. The van der Waals surface area contributed by atoms with E-state index in [0.717, 1.165) is 33.8 Å². The van der Waals surface area contributed by atoms with Crippen LogP contribution in [0.4, 0.5) is 0 Å². The van der Waals surface area contributed by atoms with Gasteiger partial charge < -0.3 is 9.72 Å². The summed E-state index contributed by atoms with van der Waals surface area (Å²) in [4.78, 5) is 24.5. The van der Waals surface area contributed by atoms with E-state index in [9.17, 15) is 4.79 Å². The molecule has 0 aliphatic rings. The highest BCUT2D eigenvalue weighted by Gasteiger charge is 2.17. The molecule has 0 radical (unpaired) electrons. The SMILES string of the molecule is CCCOC(=O)c1cc2c([nH]c3ccccc32)c(-c2cccnc2)n1. The van der Waals surface area contributed by atoms with Crippen LogP contribution in [0.5, 0.6) is 0 Å². The van der Waals surface area contributed by atoms with Crippen LogP contribution in [0.25, 0.3) is 33.1 Å². The summed E-state index contributed by atoms with van der Waals surface area (Å²) < 4.78 is 5.28. The standard InChI is InChI=1S/C20H17N3O2/c1-2-10-25-20(24)17-11-15-14-7-3-4-8-16(14)22-19(15)18(23-17)13-6-5-9-21-12-13/h3-9,11-12,22H,2,10H2,1H3. The number of hydrogen-bond donors (Lipinski definition) is 1. The Labute approximate surface area is 144 Å². The minimum Gasteiger partial charge on any atom is -0.461 e. The topological polar surface area (TPSA) is 67.9 Å². The second-order valence-electron chi connectivity index (χ2n) is 5.83. The van der Waals surface area contributed by atoms with E-state index in [1.807, 2.05) is 43.3 Å². The molecule has 0 atom stereocenters. The average Bonchev–Trinajstić information content (AvgIpc) is 3.04. The molecule has 1 N–H and O–H groups in total. The van der Waals surface area contributed by atoms with Gasteiger partial charge in [0.25, 0.3) is 0 Å². The lowest BCUT2D eigenvalue weighted by atomic mass is 10.1. The van der Waals surface area contributed by atoms with Gasteiger partial charge in [-0.3, -0.25) is 4.98 Å². The number of nitrogens with one attached hydrogen (secondary N) is 1. The highest BCUT2D eigenvalue weighted by molar-refractivity contribution is 6.12. The van der Waals surface area contributed by atoms with Gasteiger partial charge in [0, 0.05) is 34.2 Å². The van der Waals surface area contributed by atoms with E-state index in [1.165, 1.54) is 0 Å². The maximum absolute atomic E-state index is 12.4. The Balaban J connectivity index is 1.99. The van der Waals surface area contributed by atoms with Crippen LogP contribution in [0.15, 0.2) is 54.9 Å².